The lowest BCUT2D eigenvalue weighted by molar-refractivity contribution is -0.137. The smallest absolute Gasteiger partial charge is 0.307 e. The van der Waals surface area contributed by atoms with Crippen molar-refractivity contribution in [1.29, 1.82) is 0 Å². The van der Waals surface area contributed by atoms with Crippen molar-refractivity contribution in [2.45, 2.75) is 51.9 Å². The summed E-state index contributed by atoms with van der Waals surface area (Å²) in [5, 5.41) is 8.65. The second-order valence-corrected chi connectivity index (χ2v) is 4.01. The van der Waals surface area contributed by atoms with Crippen molar-refractivity contribution in [3.63, 3.8) is 0 Å². The van der Waals surface area contributed by atoms with Gasteiger partial charge in [0.15, 0.2) is 0 Å². The van der Waals surface area contributed by atoms with Crippen molar-refractivity contribution in [3.05, 3.63) is 11.3 Å². The van der Waals surface area contributed by atoms with Crippen molar-refractivity contribution in [2.24, 2.45) is 0 Å². The molecule has 0 amide bonds. The molecular weight excluding hydrogens is 192 g/mol. The molecule has 3 heteroatoms. The fourth-order valence-corrected chi connectivity index (χ4v) is 1.97. The van der Waals surface area contributed by atoms with Gasteiger partial charge in [-0.05, 0) is 37.7 Å². The Morgan fingerprint density at radius 1 is 1.33 bits per heavy atom. The predicted octanol–water partition coefficient (Wildman–Crippen LogP) is 2.54. The van der Waals surface area contributed by atoms with Gasteiger partial charge in [-0.1, -0.05) is 6.42 Å². The van der Waals surface area contributed by atoms with Gasteiger partial charge in [0, 0.05) is 20.0 Å². The van der Waals surface area contributed by atoms with E-state index in [1.807, 2.05) is 0 Å². The molecule has 0 fully saturated rings. The van der Waals surface area contributed by atoms with Crippen LogP contribution in [0.4, 0.5) is 0 Å². The Labute approximate surface area is 91.1 Å². The average Bonchev–Trinajstić information content (AvgIpc) is 2.59. The van der Waals surface area contributed by atoms with Gasteiger partial charge in [0.1, 0.15) is 5.76 Å². The molecule has 0 atom stereocenters. The molecule has 0 unspecified atom stereocenters. The predicted molar refractivity (Wildman–Crippen MR) is 58.2 cm³/mol. The van der Waals surface area contributed by atoms with E-state index in [9.17, 15) is 4.79 Å². The summed E-state index contributed by atoms with van der Waals surface area (Å²) in [4.78, 5) is 10.8. The van der Waals surface area contributed by atoms with Gasteiger partial charge in [0.2, 0.25) is 0 Å². The van der Waals surface area contributed by atoms with Gasteiger partial charge >= 0.3 is 5.97 Å². The third-order valence-corrected chi connectivity index (χ3v) is 2.68. The minimum atomic E-state index is -0.209. The van der Waals surface area contributed by atoms with Crippen LogP contribution in [0, 0.1) is 0 Å². The maximum atomic E-state index is 10.8. The van der Waals surface area contributed by atoms with Crippen LogP contribution < -0.4 is 0 Å². The number of hydrogen-bond donors (Lipinski definition) is 1. The van der Waals surface area contributed by atoms with Crippen molar-refractivity contribution in [1.82, 2.24) is 0 Å². The van der Waals surface area contributed by atoms with E-state index in [-0.39, 0.29) is 12.6 Å². The second-order valence-electron chi connectivity index (χ2n) is 4.01. The maximum Gasteiger partial charge on any atom is 0.307 e. The van der Waals surface area contributed by atoms with Crippen LogP contribution in [-0.2, 0) is 9.53 Å². The lowest BCUT2D eigenvalue weighted by Gasteiger charge is -2.06. The van der Waals surface area contributed by atoms with Gasteiger partial charge in [-0.3, -0.25) is 4.79 Å². The largest absolute Gasteiger partial charge is 0.431 e. The Bertz CT molecular complexity index is 243. The molecular formula is C12H20O3. The number of allylic oxidation sites excluding steroid dienone is 2. The number of rotatable bonds is 6. The summed E-state index contributed by atoms with van der Waals surface area (Å²) in [6, 6.07) is 0. The van der Waals surface area contributed by atoms with E-state index in [4.69, 9.17) is 9.84 Å². The van der Waals surface area contributed by atoms with Crippen molar-refractivity contribution < 1.29 is 14.6 Å². The quantitative estimate of drug-likeness (QED) is 0.543. The van der Waals surface area contributed by atoms with Gasteiger partial charge in [-0.25, -0.2) is 0 Å². The standard InChI is InChI=1S/C12H20O3/c1-10(14)15-12-8-5-7-11(12)6-3-2-4-9-13/h13H,2-9H2,1H3. The number of carbonyl (C=O) groups is 1. The Morgan fingerprint density at radius 2 is 2.13 bits per heavy atom. The topological polar surface area (TPSA) is 46.5 Å². The summed E-state index contributed by atoms with van der Waals surface area (Å²) in [5.41, 5.74) is 1.31. The molecule has 0 heterocycles. The van der Waals surface area contributed by atoms with Crippen LogP contribution in [0.5, 0.6) is 0 Å². The van der Waals surface area contributed by atoms with E-state index in [2.05, 4.69) is 0 Å². The summed E-state index contributed by atoms with van der Waals surface area (Å²) >= 11 is 0. The first-order valence-electron chi connectivity index (χ1n) is 5.74. The first-order valence-corrected chi connectivity index (χ1v) is 5.74. The molecule has 0 saturated heterocycles. The van der Waals surface area contributed by atoms with Crippen LogP contribution in [0.2, 0.25) is 0 Å². The van der Waals surface area contributed by atoms with E-state index in [1.54, 1.807) is 0 Å². The SMILES string of the molecule is CC(=O)OC1=C(CCCCCO)CCC1. The van der Waals surface area contributed by atoms with Crippen LogP contribution in [0.25, 0.3) is 0 Å². The molecule has 86 valence electrons. The number of aliphatic hydroxyl groups excluding tert-OH is 1. The van der Waals surface area contributed by atoms with E-state index in [1.165, 1.54) is 12.5 Å². The molecule has 0 aliphatic heterocycles. The first kappa shape index (κ1) is 12.2. The zero-order valence-corrected chi connectivity index (χ0v) is 9.42. The Kier molecular flexibility index (Phi) is 5.40. The van der Waals surface area contributed by atoms with Gasteiger partial charge in [-0.15, -0.1) is 0 Å². The van der Waals surface area contributed by atoms with Gasteiger partial charge in [0.25, 0.3) is 0 Å². The van der Waals surface area contributed by atoms with Crippen LogP contribution in [0.3, 0.4) is 0 Å². The van der Waals surface area contributed by atoms with Crippen LogP contribution in [0.15, 0.2) is 11.3 Å². The Morgan fingerprint density at radius 3 is 2.80 bits per heavy atom. The summed E-state index contributed by atoms with van der Waals surface area (Å²) < 4.78 is 5.17. The Hall–Kier alpha value is -0.830. The highest BCUT2D eigenvalue weighted by Crippen LogP contribution is 2.30. The van der Waals surface area contributed by atoms with Crippen molar-refractivity contribution in [3.8, 4) is 0 Å². The normalized spacial score (nSPS) is 15.9. The molecule has 0 aromatic carbocycles. The number of esters is 1. The zero-order valence-electron chi connectivity index (χ0n) is 9.42. The summed E-state index contributed by atoms with van der Waals surface area (Å²) in [7, 11) is 0. The van der Waals surface area contributed by atoms with Gasteiger partial charge in [-0.2, -0.15) is 0 Å². The third-order valence-electron chi connectivity index (χ3n) is 2.68. The Balaban J connectivity index is 2.33. The highest BCUT2D eigenvalue weighted by Gasteiger charge is 2.16. The second kappa shape index (κ2) is 6.62. The molecule has 1 aliphatic carbocycles. The first-order chi connectivity index (χ1) is 7.24. The molecule has 0 radical (unpaired) electrons. The van der Waals surface area contributed by atoms with E-state index in [0.717, 1.165) is 50.7 Å². The number of hydrogen-bond acceptors (Lipinski definition) is 3. The van der Waals surface area contributed by atoms with Gasteiger partial charge in [0.05, 0.1) is 0 Å². The zero-order chi connectivity index (χ0) is 11.1. The van der Waals surface area contributed by atoms with Crippen LogP contribution >= 0.6 is 0 Å². The highest BCUT2D eigenvalue weighted by atomic mass is 16.5. The average molecular weight is 212 g/mol. The summed E-state index contributed by atoms with van der Waals surface area (Å²) in [6.45, 7) is 1.73. The number of carbonyl (C=O) groups excluding carboxylic acids is 1. The minimum Gasteiger partial charge on any atom is -0.431 e. The van der Waals surface area contributed by atoms with Crippen LogP contribution in [-0.4, -0.2) is 17.7 Å². The van der Waals surface area contributed by atoms with E-state index < -0.39 is 0 Å². The molecule has 15 heavy (non-hydrogen) atoms. The maximum absolute atomic E-state index is 10.8. The summed E-state index contributed by atoms with van der Waals surface area (Å²) in [6.07, 6.45) is 7.11. The molecule has 0 aromatic heterocycles. The molecule has 0 saturated carbocycles. The number of unbranched alkanes of at least 4 members (excludes halogenated alkanes) is 2. The molecule has 0 spiro atoms. The van der Waals surface area contributed by atoms with Crippen molar-refractivity contribution in [2.75, 3.05) is 6.61 Å². The van der Waals surface area contributed by atoms with Gasteiger partial charge < -0.3 is 9.84 Å². The number of ether oxygens (including phenoxy) is 1. The summed E-state index contributed by atoms with van der Waals surface area (Å²) in [5.74, 6) is 0.700. The van der Waals surface area contributed by atoms with Crippen molar-refractivity contribution >= 4 is 5.97 Å². The molecule has 0 aromatic rings. The molecule has 0 bridgehead atoms. The lowest BCUT2D eigenvalue weighted by atomic mass is 10.1. The molecule has 1 aliphatic rings. The minimum absolute atomic E-state index is 0.209. The molecule has 3 nitrogen and oxygen atoms in total. The lowest BCUT2D eigenvalue weighted by Crippen LogP contribution is -1.98. The third kappa shape index (κ3) is 4.47. The number of aliphatic hydroxyl groups is 1. The fraction of sp³-hybridized carbons (Fsp3) is 0.750. The highest BCUT2D eigenvalue weighted by molar-refractivity contribution is 5.67. The molecule has 1 rings (SSSR count). The monoisotopic (exact) mass is 212 g/mol. The van der Waals surface area contributed by atoms with Crippen LogP contribution in [0.1, 0.15) is 51.9 Å². The fourth-order valence-electron chi connectivity index (χ4n) is 1.97. The van der Waals surface area contributed by atoms with E-state index in [0.29, 0.717) is 0 Å². The van der Waals surface area contributed by atoms with E-state index >= 15 is 0 Å². The molecule has 1 N–H and O–H groups in total.